The van der Waals surface area contributed by atoms with E-state index >= 15 is 0 Å². The first-order valence-corrected chi connectivity index (χ1v) is 9.68. The van der Waals surface area contributed by atoms with Gasteiger partial charge in [-0.2, -0.15) is 13.5 Å². The third-order valence-electron chi connectivity index (χ3n) is 3.58. The molecule has 0 aliphatic carbocycles. The number of hydrazone groups is 1. The molecule has 30 heavy (non-hydrogen) atoms. The lowest BCUT2D eigenvalue weighted by Gasteiger charge is -2.13. The smallest absolute Gasteiger partial charge is 0.294 e. The normalized spacial score (nSPS) is 10.7. The third kappa shape index (κ3) is 7.24. The molecule has 11 nitrogen and oxygen atoms in total. The Bertz CT molecular complexity index is 967. The number of benzene rings is 2. The zero-order chi connectivity index (χ0) is 22.9. The number of hydrogen-bond donors (Lipinski definition) is 4. The maximum Gasteiger partial charge on any atom is 0.294 e. The van der Waals surface area contributed by atoms with E-state index in [-0.39, 0.29) is 10.1 Å². The van der Waals surface area contributed by atoms with Crippen LogP contribution in [0.25, 0.3) is 0 Å². The molecule has 164 valence electrons. The van der Waals surface area contributed by atoms with Gasteiger partial charge in [0.05, 0.1) is 38.0 Å². The molecule has 0 aromatic heterocycles. The molecule has 0 fully saturated rings. The van der Waals surface area contributed by atoms with Crippen LogP contribution in [-0.2, 0) is 10.1 Å². The molecule has 12 heteroatoms. The summed E-state index contributed by atoms with van der Waals surface area (Å²) < 4.78 is 45.0. The van der Waals surface area contributed by atoms with Crippen molar-refractivity contribution in [3.8, 4) is 17.2 Å². The second kappa shape index (κ2) is 11.0. The maximum atomic E-state index is 10.5. The Hall–Kier alpha value is -3.35. The summed E-state index contributed by atoms with van der Waals surface area (Å²) in [6.07, 6.45) is 1.26. The monoisotopic (exact) mass is 440 g/mol. The number of nitrogens with two attached hydrogens (primary N) is 1. The highest BCUT2D eigenvalue weighted by Crippen LogP contribution is 2.32. The summed E-state index contributed by atoms with van der Waals surface area (Å²) >= 11 is 0. The van der Waals surface area contributed by atoms with Gasteiger partial charge in [0.1, 0.15) is 17.2 Å². The van der Waals surface area contributed by atoms with Crippen molar-refractivity contribution >= 4 is 22.3 Å². The van der Waals surface area contributed by atoms with E-state index in [1.807, 2.05) is 6.92 Å². The highest BCUT2D eigenvalue weighted by Gasteiger charge is 2.12. The number of hydrogen-bond acceptors (Lipinski definition) is 8. The van der Waals surface area contributed by atoms with E-state index in [0.717, 1.165) is 5.56 Å². The molecule has 5 N–H and O–H groups in total. The molecule has 0 amide bonds. The number of ether oxygens (including phenoxy) is 3. The van der Waals surface area contributed by atoms with Crippen LogP contribution in [0, 0.1) is 12.3 Å². The van der Waals surface area contributed by atoms with Crippen LogP contribution >= 0.6 is 0 Å². The fraction of sp³-hybridized carbons (Fsp3) is 0.222. The van der Waals surface area contributed by atoms with Crippen LogP contribution in [0.4, 0.5) is 0 Å². The Morgan fingerprint density at radius 3 is 1.97 bits per heavy atom. The molecule has 0 saturated heterocycles. The summed E-state index contributed by atoms with van der Waals surface area (Å²) in [4.78, 5) is -0.0666. The van der Waals surface area contributed by atoms with Crippen molar-refractivity contribution in [2.75, 3.05) is 21.3 Å². The van der Waals surface area contributed by atoms with E-state index in [0.29, 0.717) is 22.8 Å². The van der Waals surface area contributed by atoms with Crippen molar-refractivity contribution in [2.24, 2.45) is 10.8 Å². The van der Waals surface area contributed by atoms with Crippen LogP contribution in [0.15, 0.2) is 46.4 Å². The molecule has 0 saturated carbocycles. The Kier molecular flexibility index (Phi) is 9.05. The van der Waals surface area contributed by atoms with E-state index in [9.17, 15) is 13.6 Å². The van der Waals surface area contributed by atoms with Crippen molar-refractivity contribution in [3.05, 3.63) is 47.5 Å². The number of hydroxylamine groups is 1. The summed E-state index contributed by atoms with van der Waals surface area (Å²) in [6, 6.07) is 9.26. The number of nitrogens with one attached hydrogen (secondary N) is 1. The van der Waals surface area contributed by atoms with Gasteiger partial charge >= 0.3 is 0 Å². The van der Waals surface area contributed by atoms with Gasteiger partial charge in [-0.1, -0.05) is 17.7 Å². The molecule has 0 unspecified atom stereocenters. The van der Waals surface area contributed by atoms with Crippen LogP contribution in [-0.4, -0.2) is 56.9 Å². The fourth-order valence-corrected chi connectivity index (χ4v) is 2.52. The van der Waals surface area contributed by atoms with Crippen molar-refractivity contribution in [2.45, 2.75) is 11.8 Å². The zero-order valence-corrected chi connectivity index (χ0v) is 17.7. The molecule has 0 aliphatic rings. The number of nitrogens with zero attached hydrogens (tertiary/aromatic N) is 2. The molecular weight excluding hydrogens is 416 g/mol. The number of rotatable bonds is 6. The number of methoxy groups -OCH3 is 3. The molecule has 0 atom stereocenters. The molecule has 2 rings (SSSR count). The first kappa shape index (κ1) is 24.7. The minimum absolute atomic E-state index is 0.0666. The van der Waals surface area contributed by atoms with Gasteiger partial charge in [-0.25, -0.2) is 0 Å². The van der Waals surface area contributed by atoms with E-state index in [1.54, 1.807) is 24.3 Å². The first-order chi connectivity index (χ1) is 14.0. The first-order valence-electron chi connectivity index (χ1n) is 8.24. The lowest BCUT2D eigenvalue weighted by Crippen LogP contribution is -2.28. The summed E-state index contributed by atoms with van der Waals surface area (Å²) in [6.45, 7) is 1.84. The quantitative estimate of drug-likeness (QED) is 0.227. The highest BCUT2D eigenvalue weighted by atomic mass is 32.2. The number of guanidine groups is 1. The lowest BCUT2D eigenvalue weighted by atomic mass is 10.2. The summed E-state index contributed by atoms with van der Waals surface area (Å²) in [5.41, 5.74) is 6.48. The van der Waals surface area contributed by atoms with E-state index in [4.69, 9.17) is 29.9 Å². The summed E-state index contributed by atoms with van der Waals surface area (Å²) in [5, 5.41) is 20.0. The van der Waals surface area contributed by atoms with Crippen LogP contribution < -0.4 is 19.9 Å². The number of aryl methyl sites for hydroxylation is 1. The van der Waals surface area contributed by atoms with Crippen molar-refractivity contribution in [1.82, 2.24) is 5.17 Å². The van der Waals surface area contributed by atoms with Crippen molar-refractivity contribution in [3.63, 3.8) is 0 Å². The van der Waals surface area contributed by atoms with Crippen molar-refractivity contribution < 1.29 is 32.4 Å². The van der Waals surface area contributed by atoms with Gasteiger partial charge in [0.25, 0.3) is 10.1 Å². The minimum atomic E-state index is -4.02. The van der Waals surface area contributed by atoms with Crippen molar-refractivity contribution in [1.29, 1.82) is 5.41 Å². The van der Waals surface area contributed by atoms with Crippen LogP contribution in [0.2, 0.25) is 0 Å². The molecule has 0 heterocycles. The van der Waals surface area contributed by atoms with Gasteiger partial charge in [-0.3, -0.25) is 15.2 Å². The zero-order valence-electron chi connectivity index (χ0n) is 16.9. The average Bonchev–Trinajstić information content (AvgIpc) is 2.71. The SMILES string of the molecule is COc1cc(OC)c(C=NN(O)C(=N)N)c(OC)c1.Cc1ccc(S(=O)(=O)O)cc1. The molecule has 0 bridgehead atoms. The summed E-state index contributed by atoms with van der Waals surface area (Å²) in [5.74, 6) is 0.828. The molecule has 0 spiro atoms. The molecule has 0 aliphatic heterocycles. The Balaban J connectivity index is 0.000000346. The van der Waals surface area contributed by atoms with Gasteiger partial charge in [-0.05, 0) is 19.1 Å². The molecule has 2 aromatic carbocycles. The lowest BCUT2D eigenvalue weighted by molar-refractivity contribution is -0.0139. The molecule has 0 radical (unpaired) electrons. The van der Waals surface area contributed by atoms with Gasteiger partial charge in [0.2, 0.25) is 5.96 Å². The molecular formula is C18H24N4O7S. The van der Waals surface area contributed by atoms with Gasteiger partial charge < -0.3 is 19.9 Å². The van der Waals surface area contributed by atoms with Gasteiger partial charge in [0, 0.05) is 12.1 Å². The van der Waals surface area contributed by atoms with Crippen LogP contribution in [0.3, 0.4) is 0 Å². The largest absolute Gasteiger partial charge is 0.496 e. The average molecular weight is 440 g/mol. The summed E-state index contributed by atoms with van der Waals surface area (Å²) in [7, 11) is 0.460. The Morgan fingerprint density at radius 2 is 1.60 bits per heavy atom. The van der Waals surface area contributed by atoms with E-state index in [1.165, 1.54) is 39.7 Å². The minimum Gasteiger partial charge on any atom is -0.496 e. The fourth-order valence-electron chi connectivity index (χ4n) is 2.04. The standard InChI is InChI=1S/C11H16N4O4.C7H8O3S/c1-17-7-4-9(18-2)8(10(5-7)19-3)6-14-15(16)11(12)13;1-6-2-4-7(5-3-6)11(8,9)10/h4-6,16H,1-3H3,(H3,12,13);2-5H,1H3,(H,8,9,10). The highest BCUT2D eigenvalue weighted by molar-refractivity contribution is 7.85. The van der Waals surface area contributed by atoms with Crippen LogP contribution in [0.1, 0.15) is 11.1 Å². The Morgan fingerprint density at radius 1 is 1.10 bits per heavy atom. The second-order valence-corrected chi connectivity index (χ2v) is 7.07. The topological polar surface area (TPSA) is 168 Å². The Labute approximate surface area is 174 Å². The van der Waals surface area contributed by atoms with E-state index in [2.05, 4.69) is 5.10 Å². The third-order valence-corrected chi connectivity index (χ3v) is 4.45. The van der Waals surface area contributed by atoms with E-state index < -0.39 is 16.1 Å². The van der Waals surface area contributed by atoms with Crippen LogP contribution in [0.5, 0.6) is 17.2 Å². The second-order valence-electron chi connectivity index (χ2n) is 5.65. The predicted octanol–water partition coefficient (Wildman–Crippen LogP) is 1.87. The predicted molar refractivity (Wildman–Crippen MR) is 110 cm³/mol. The van der Waals surface area contributed by atoms with Gasteiger partial charge in [0.15, 0.2) is 0 Å². The maximum absolute atomic E-state index is 10.5. The van der Waals surface area contributed by atoms with Gasteiger partial charge in [-0.15, -0.1) is 5.17 Å². The molecule has 2 aromatic rings.